The fourth-order valence-electron chi connectivity index (χ4n) is 2.37. The summed E-state index contributed by atoms with van der Waals surface area (Å²) in [5, 5.41) is 0. The predicted molar refractivity (Wildman–Crippen MR) is 67.6 cm³/mol. The fraction of sp³-hybridized carbons (Fsp3) is 0.538. The van der Waals surface area contributed by atoms with E-state index in [1.54, 1.807) is 18.3 Å². The molecule has 1 aliphatic rings. The highest BCUT2D eigenvalue weighted by Crippen LogP contribution is 2.22. The molecule has 1 saturated carbocycles. The Balaban J connectivity index is 2.05. The van der Waals surface area contributed by atoms with Crippen LogP contribution in [0.3, 0.4) is 0 Å². The molecule has 1 heterocycles. The average Bonchev–Trinajstić information content (AvgIpc) is 2.39. The van der Waals surface area contributed by atoms with Crippen molar-refractivity contribution >= 4 is 11.7 Å². The van der Waals surface area contributed by atoms with Gasteiger partial charge in [0, 0.05) is 19.3 Å². The van der Waals surface area contributed by atoms with Crippen LogP contribution >= 0.6 is 0 Å². The van der Waals surface area contributed by atoms with Crippen LogP contribution in [0.2, 0.25) is 0 Å². The number of rotatable bonds is 2. The number of amides is 1. The molecule has 1 aromatic heterocycles. The second-order valence-electron chi connectivity index (χ2n) is 4.68. The summed E-state index contributed by atoms with van der Waals surface area (Å²) >= 11 is 0. The maximum atomic E-state index is 12.2. The molecule has 0 aromatic carbocycles. The van der Waals surface area contributed by atoms with Gasteiger partial charge >= 0.3 is 0 Å². The first-order valence-electron chi connectivity index (χ1n) is 6.17. The predicted octanol–water partition coefficient (Wildman–Crippen LogP) is 2.07. The minimum Gasteiger partial charge on any atom is -0.384 e. The van der Waals surface area contributed by atoms with Crippen molar-refractivity contribution in [3.05, 3.63) is 23.9 Å². The number of aromatic nitrogens is 1. The van der Waals surface area contributed by atoms with Crippen molar-refractivity contribution in [2.45, 2.75) is 38.1 Å². The van der Waals surface area contributed by atoms with Crippen LogP contribution in [0.15, 0.2) is 18.3 Å². The van der Waals surface area contributed by atoms with Crippen molar-refractivity contribution in [2.75, 3.05) is 12.8 Å². The quantitative estimate of drug-likeness (QED) is 0.850. The number of pyridine rings is 1. The normalized spacial score (nSPS) is 16.8. The summed E-state index contributed by atoms with van der Waals surface area (Å²) < 4.78 is 0. The summed E-state index contributed by atoms with van der Waals surface area (Å²) in [7, 11) is 1.88. The molecule has 1 fully saturated rings. The summed E-state index contributed by atoms with van der Waals surface area (Å²) in [5.41, 5.74) is 6.13. The van der Waals surface area contributed by atoms with Crippen molar-refractivity contribution in [1.82, 2.24) is 9.88 Å². The van der Waals surface area contributed by atoms with Gasteiger partial charge in [0.15, 0.2) is 0 Å². The first-order chi connectivity index (χ1) is 8.18. The molecule has 0 radical (unpaired) electrons. The molecule has 4 nitrogen and oxygen atoms in total. The van der Waals surface area contributed by atoms with Crippen molar-refractivity contribution in [1.29, 1.82) is 0 Å². The largest absolute Gasteiger partial charge is 0.384 e. The minimum absolute atomic E-state index is 0.0457. The van der Waals surface area contributed by atoms with Gasteiger partial charge in [-0.15, -0.1) is 0 Å². The van der Waals surface area contributed by atoms with E-state index in [9.17, 15) is 4.79 Å². The minimum atomic E-state index is 0.0457. The second-order valence-corrected chi connectivity index (χ2v) is 4.68. The highest BCUT2D eigenvalue weighted by molar-refractivity contribution is 5.94. The van der Waals surface area contributed by atoms with E-state index in [4.69, 9.17) is 5.73 Å². The Morgan fingerprint density at radius 3 is 2.65 bits per heavy atom. The van der Waals surface area contributed by atoms with Gasteiger partial charge in [-0.1, -0.05) is 19.3 Å². The van der Waals surface area contributed by atoms with Gasteiger partial charge in [0.1, 0.15) is 5.82 Å². The molecule has 17 heavy (non-hydrogen) atoms. The maximum Gasteiger partial charge on any atom is 0.255 e. The van der Waals surface area contributed by atoms with Crippen LogP contribution in [0.1, 0.15) is 42.5 Å². The van der Waals surface area contributed by atoms with Crippen LogP contribution in [0.5, 0.6) is 0 Å². The van der Waals surface area contributed by atoms with E-state index in [0.29, 0.717) is 17.4 Å². The number of nitrogens with two attached hydrogens (primary N) is 1. The van der Waals surface area contributed by atoms with Gasteiger partial charge in [-0.05, 0) is 25.0 Å². The van der Waals surface area contributed by atoms with Crippen molar-refractivity contribution < 1.29 is 4.79 Å². The Labute approximate surface area is 102 Å². The van der Waals surface area contributed by atoms with Gasteiger partial charge in [0.05, 0.1) is 5.56 Å². The number of carbonyl (C=O) groups is 1. The lowest BCUT2D eigenvalue weighted by atomic mass is 9.94. The van der Waals surface area contributed by atoms with Gasteiger partial charge in [0.2, 0.25) is 0 Å². The topological polar surface area (TPSA) is 59.2 Å². The van der Waals surface area contributed by atoms with Gasteiger partial charge in [-0.25, -0.2) is 4.98 Å². The molecule has 0 bridgehead atoms. The smallest absolute Gasteiger partial charge is 0.255 e. The molecule has 1 amide bonds. The lowest BCUT2D eigenvalue weighted by Gasteiger charge is -2.31. The first kappa shape index (κ1) is 11.9. The zero-order valence-corrected chi connectivity index (χ0v) is 10.2. The van der Waals surface area contributed by atoms with Crippen LogP contribution in [-0.4, -0.2) is 28.9 Å². The van der Waals surface area contributed by atoms with E-state index in [2.05, 4.69) is 4.98 Å². The molecule has 1 aromatic rings. The van der Waals surface area contributed by atoms with Crippen molar-refractivity contribution in [2.24, 2.45) is 0 Å². The molecular formula is C13H19N3O. The van der Waals surface area contributed by atoms with E-state index in [-0.39, 0.29) is 5.91 Å². The third kappa shape index (κ3) is 2.75. The molecule has 0 unspecified atom stereocenters. The Kier molecular flexibility index (Phi) is 3.61. The number of nitrogens with zero attached hydrogens (tertiary/aromatic N) is 2. The van der Waals surface area contributed by atoms with E-state index < -0.39 is 0 Å². The zero-order chi connectivity index (χ0) is 12.3. The molecule has 92 valence electrons. The van der Waals surface area contributed by atoms with Crippen molar-refractivity contribution in [3.8, 4) is 0 Å². The molecule has 0 saturated heterocycles. The third-order valence-electron chi connectivity index (χ3n) is 3.48. The van der Waals surface area contributed by atoms with Gasteiger partial charge in [-0.3, -0.25) is 4.79 Å². The fourth-order valence-corrected chi connectivity index (χ4v) is 2.37. The summed E-state index contributed by atoms with van der Waals surface area (Å²) in [4.78, 5) is 18.0. The average molecular weight is 233 g/mol. The maximum absolute atomic E-state index is 12.2. The number of hydrogen-bond acceptors (Lipinski definition) is 3. The van der Waals surface area contributed by atoms with Crippen LogP contribution < -0.4 is 5.73 Å². The molecular weight excluding hydrogens is 214 g/mol. The van der Waals surface area contributed by atoms with E-state index >= 15 is 0 Å². The lowest BCUT2D eigenvalue weighted by molar-refractivity contribution is 0.0696. The molecule has 0 atom stereocenters. The number of hydrogen-bond donors (Lipinski definition) is 1. The van der Waals surface area contributed by atoms with Gasteiger partial charge < -0.3 is 10.6 Å². The molecule has 1 aliphatic carbocycles. The van der Waals surface area contributed by atoms with Crippen molar-refractivity contribution in [3.63, 3.8) is 0 Å². The van der Waals surface area contributed by atoms with Crippen LogP contribution in [-0.2, 0) is 0 Å². The Morgan fingerprint density at radius 1 is 1.35 bits per heavy atom. The first-order valence-corrected chi connectivity index (χ1v) is 6.17. The molecule has 0 aliphatic heterocycles. The van der Waals surface area contributed by atoms with Crippen LogP contribution in [0.4, 0.5) is 5.82 Å². The number of carbonyl (C=O) groups excluding carboxylic acids is 1. The summed E-state index contributed by atoms with van der Waals surface area (Å²) in [5.74, 6) is 0.492. The lowest BCUT2D eigenvalue weighted by Crippen LogP contribution is -2.38. The molecule has 4 heteroatoms. The zero-order valence-electron chi connectivity index (χ0n) is 10.2. The Morgan fingerprint density at radius 2 is 2.06 bits per heavy atom. The highest BCUT2D eigenvalue weighted by Gasteiger charge is 2.22. The second kappa shape index (κ2) is 5.17. The summed E-state index contributed by atoms with van der Waals surface area (Å²) in [6.45, 7) is 0. The molecule has 2 rings (SSSR count). The van der Waals surface area contributed by atoms with E-state index in [1.807, 2.05) is 11.9 Å². The van der Waals surface area contributed by atoms with E-state index in [1.165, 1.54) is 19.3 Å². The standard InChI is InChI=1S/C13H19N3O/c1-16(11-5-3-2-4-6-11)13(17)10-7-8-12(14)15-9-10/h7-9,11H,2-6H2,1H3,(H2,14,15). The third-order valence-corrected chi connectivity index (χ3v) is 3.48. The Bertz CT molecular complexity index is 382. The summed E-state index contributed by atoms with van der Waals surface area (Å²) in [6, 6.07) is 3.79. The van der Waals surface area contributed by atoms with Gasteiger partial charge in [-0.2, -0.15) is 0 Å². The van der Waals surface area contributed by atoms with Gasteiger partial charge in [0.25, 0.3) is 5.91 Å². The SMILES string of the molecule is CN(C(=O)c1ccc(N)nc1)C1CCCCC1. The summed E-state index contributed by atoms with van der Waals surface area (Å²) in [6.07, 6.45) is 7.53. The molecule has 2 N–H and O–H groups in total. The Hall–Kier alpha value is -1.58. The monoisotopic (exact) mass is 233 g/mol. The van der Waals surface area contributed by atoms with Crippen LogP contribution in [0, 0.1) is 0 Å². The molecule has 0 spiro atoms. The highest BCUT2D eigenvalue weighted by atomic mass is 16.2. The van der Waals surface area contributed by atoms with E-state index in [0.717, 1.165) is 12.8 Å². The number of anilines is 1. The van der Waals surface area contributed by atoms with Crippen LogP contribution in [0.25, 0.3) is 0 Å². The number of nitrogen functional groups attached to an aromatic ring is 1.